The first-order valence-corrected chi connectivity index (χ1v) is 45.0. The number of pyridine rings is 2. The van der Waals surface area contributed by atoms with E-state index in [-0.39, 0.29) is 85.7 Å². The van der Waals surface area contributed by atoms with Gasteiger partial charge in [0.1, 0.15) is 52.4 Å². The number of ketones is 5. The number of hydrogen-bond acceptors (Lipinski definition) is 26. The lowest BCUT2D eigenvalue weighted by Crippen LogP contribution is -2.31. The number of hydrogen-bond donors (Lipinski definition) is 4. The van der Waals surface area contributed by atoms with E-state index >= 15 is 0 Å². The summed E-state index contributed by atoms with van der Waals surface area (Å²) < 4.78 is 53.0. The Labute approximate surface area is 805 Å². The highest BCUT2D eigenvalue weighted by Crippen LogP contribution is 2.48. The summed E-state index contributed by atoms with van der Waals surface area (Å²) in [5.41, 5.74) is 10.0. The molecule has 4 aliphatic rings. The van der Waals surface area contributed by atoms with E-state index < -0.39 is 88.8 Å². The SMILES string of the molecule is CC(=O)c1ccc(C2C(=C(O)c3ccc(C(C)C)cc3)C(=O)C(=O)N2c2ccc(C)nn2)cc1.CCOc1ccc(C2C(=C(O)c3ccc(C(C)C)cc3)C(=O)C(=O)N2c2ccc(C)nn2)nc1.Cc1ccc(N2C(=O)C(=O)C(=C(O)c3ccc(C(C)(C)C)cc3)C2c2ccc(OC(F)(F)F)cc2)nn1.Cc1ccc(N2C(=O)C(=O)C(=C(O)c3ccc(C(C)C)cc3)C2c2ccc(OC(C)C)cn2)nn1. The fourth-order valence-electron chi connectivity index (χ4n) is 15.8. The second-order valence-corrected chi connectivity index (χ2v) is 35.7. The number of Topliss-reactive ketones (excluding diaryl/α,β-unsaturated/α-hetero) is 5. The third-order valence-corrected chi connectivity index (χ3v) is 23.3. The Morgan fingerprint density at radius 1 is 0.357 bits per heavy atom. The number of benzene rings is 6. The number of nitrogens with zero attached hydrogens (tertiary/aromatic N) is 14. The van der Waals surface area contributed by atoms with Gasteiger partial charge in [-0.05, 0) is 197 Å². The van der Waals surface area contributed by atoms with Crippen LogP contribution in [0.25, 0.3) is 23.0 Å². The van der Waals surface area contributed by atoms with E-state index in [4.69, 9.17) is 9.47 Å². The number of alkyl halides is 3. The van der Waals surface area contributed by atoms with Crippen LogP contribution in [0.1, 0.15) is 232 Å². The van der Waals surface area contributed by atoms with Gasteiger partial charge in [0.25, 0.3) is 23.1 Å². The minimum atomic E-state index is -4.88. The predicted octanol–water partition coefficient (Wildman–Crippen LogP) is 19.4. The van der Waals surface area contributed by atoms with Crippen molar-refractivity contribution in [3.8, 4) is 17.2 Å². The van der Waals surface area contributed by atoms with Gasteiger partial charge in [-0.15, -0.1) is 33.6 Å². The van der Waals surface area contributed by atoms with E-state index in [2.05, 4.69) is 97.0 Å². The van der Waals surface area contributed by atoms with Gasteiger partial charge in [0.15, 0.2) is 29.1 Å². The van der Waals surface area contributed by atoms with Crippen molar-refractivity contribution in [2.24, 2.45) is 0 Å². The number of anilines is 4. The smallest absolute Gasteiger partial charge is 0.507 e. The zero-order valence-electron chi connectivity index (χ0n) is 79.8. The molecule has 0 spiro atoms. The maximum Gasteiger partial charge on any atom is 0.573 e. The van der Waals surface area contributed by atoms with Crippen LogP contribution in [-0.4, -0.2) is 143 Å². The van der Waals surface area contributed by atoms with Crippen LogP contribution in [0.15, 0.2) is 253 Å². The lowest BCUT2D eigenvalue weighted by atomic mass is 9.86. The largest absolute Gasteiger partial charge is 0.573 e. The van der Waals surface area contributed by atoms with Gasteiger partial charge >= 0.3 is 30.0 Å². The van der Waals surface area contributed by atoms with Crippen LogP contribution in [-0.2, 0) is 43.8 Å². The van der Waals surface area contributed by atoms with Crippen molar-refractivity contribution in [2.45, 2.75) is 178 Å². The van der Waals surface area contributed by atoms with Crippen LogP contribution in [0.5, 0.6) is 17.2 Å². The molecular weight excluding hydrogens is 1790 g/mol. The molecule has 0 aliphatic carbocycles. The summed E-state index contributed by atoms with van der Waals surface area (Å²) in [6.07, 6.45) is -1.86. The Kier molecular flexibility index (Phi) is 30.6. The number of ether oxygens (including phenoxy) is 3. The standard InChI is InChI=1S/C27H24F3N3O4.C27H28N4O4.C27H25N3O4.C26H26N4O4/c1-15-5-14-20(32-31-15)33-22(16-8-12-19(13-9-16)37-27(28,29)30)21(24(35)25(33)36)23(34)17-6-10-18(11-7-17)26(2,3)4;1-15(2)18-7-9-19(10-8-18)25(32)23-24(21-12-11-20(14-28-21)35-16(3)4)31(27(34)26(23)33)22-13-6-17(5)29-30-22;1-15(2)18-6-12-21(13-7-18)25(32)23-24(20-10-8-19(9-11-20)17(4)31)30(27(34)26(23)33)22-14-5-16(3)28-29-22;1-5-34-19-11-12-20(27-14-19)23-22(24(31)18-9-7-17(8-10-18)15(2)3)25(32)26(33)30(23)21-13-6-16(4)28-29-21/h5-14,22,34H,1-4H3;6-16,24,32H,1-5H3;5-15,24,32H,1-4H3;6-15,23,31H,5H2,1-4H3. The normalized spacial score (nSPS) is 17.5. The van der Waals surface area contributed by atoms with Gasteiger partial charge < -0.3 is 34.6 Å². The summed E-state index contributed by atoms with van der Waals surface area (Å²) in [6, 6.07) is 55.9. The van der Waals surface area contributed by atoms with Gasteiger partial charge in [-0.3, -0.25) is 72.7 Å². The van der Waals surface area contributed by atoms with E-state index in [0.717, 1.165) is 39.3 Å². The molecule has 718 valence electrons. The number of halogens is 3. The molecule has 4 saturated heterocycles. The van der Waals surface area contributed by atoms with Gasteiger partial charge in [0, 0.05) is 27.8 Å². The number of carbonyl (C=O) groups is 9. The number of aryl methyl sites for hydroxylation is 4. The fourth-order valence-corrected chi connectivity index (χ4v) is 15.8. The number of aromatic nitrogens is 10. The van der Waals surface area contributed by atoms with E-state index in [9.17, 15) is 76.7 Å². The molecule has 0 radical (unpaired) electrons. The molecule has 33 heteroatoms. The maximum atomic E-state index is 13.2. The van der Waals surface area contributed by atoms with Crippen LogP contribution in [0.2, 0.25) is 0 Å². The van der Waals surface area contributed by atoms with Gasteiger partial charge in [-0.25, -0.2) is 0 Å². The number of carbonyl (C=O) groups excluding carboxylic acids is 9. The second kappa shape index (κ2) is 42.4. The number of amides is 4. The lowest BCUT2D eigenvalue weighted by molar-refractivity contribution is -0.274. The molecule has 4 N–H and O–H groups in total. The Morgan fingerprint density at radius 3 is 0.893 bits per heavy atom. The molecule has 4 amide bonds. The number of aliphatic hydroxyl groups excluding tert-OH is 4. The zero-order valence-corrected chi connectivity index (χ0v) is 79.8. The molecule has 6 aromatic heterocycles. The minimum absolute atomic E-state index is 0.0371. The predicted molar refractivity (Wildman–Crippen MR) is 518 cm³/mol. The molecule has 4 fully saturated rings. The average Bonchev–Trinajstić information content (AvgIpc) is 1.61. The van der Waals surface area contributed by atoms with Crippen LogP contribution in [0.3, 0.4) is 0 Å². The zero-order chi connectivity index (χ0) is 101. The van der Waals surface area contributed by atoms with Crippen molar-refractivity contribution >= 4 is 98.9 Å². The highest BCUT2D eigenvalue weighted by molar-refractivity contribution is 6.54. The second-order valence-electron chi connectivity index (χ2n) is 35.7. The van der Waals surface area contributed by atoms with E-state index in [1.807, 2.05) is 90.1 Å². The Bertz CT molecular complexity index is 6800. The molecule has 0 bridgehead atoms. The van der Waals surface area contributed by atoms with Crippen molar-refractivity contribution < 1.29 is 91.0 Å². The lowest BCUT2D eigenvalue weighted by Gasteiger charge is -2.24. The maximum absolute atomic E-state index is 13.2. The summed E-state index contributed by atoms with van der Waals surface area (Å²) in [6.45, 7) is 33.1. The van der Waals surface area contributed by atoms with Crippen molar-refractivity contribution in [1.82, 2.24) is 50.8 Å². The Hall–Kier alpha value is -16.5. The van der Waals surface area contributed by atoms with Gasteiger partial charge in [0.05, 0.1) is 93.6 Å². The van der Waals surface area contributed by atoms with E-state index in [1.165, 1.54) is 52.2 Å². The number of rotatable bonds is 21. The third-order valence-electron chi connectivity index (χ3n) is 23.3. The first kappa shape index (κ1) is 101. The molecule has 140 heavy (non-hydrogen) atoms. The monoisotopic (exact) mass is 1900 g/mol. The summed E-state index contributed by atoms with van der Waals surface area (Å²) in [5.74, 6) is -5.87. The van der Waals surface area contributed by atoms with Gasteiger partial charge in [-0.2, -0.15) is 20.4 Å². The van der Waals surface area contributed by atoms with Crippen LogP contribution in [0.4, 0.5) is 36.4 Å². The first-order chi connectivity index (χ1) is 66.4. The van der Waals surface area contributed by atoms with Gasteiger partial charge in [0.2, 0.25) is 0 Å². The molecule has 30 nitrogen and oxygen atoms in total. The molecule has 4 unspecified atom stereocenters. The van der Waals surface area contributed by atoms with Crippen molar-refractivity contribution in [3.05, 3.63) is 348 Å². The quantitative estimate of drug-likeness (QED) is 0.0225. The van der Waals surface area contributed by atoms with Crippen LogP contribution < -0.4 is 33.8 Å². The average molecular weight is 1900 g/mol. The Balaban J connectivity index is 0.000000157. The molecule has 0 saturated carbocycles. The molecule has 4 atom stereocenters. The summed E-state index contributed by atoms with van der Waals surface area (Å²) in [4.78, 5) is 131. The molecule has 4 aliphatic heterocycles. The molecule has 6 aromatic carbocycles. The minimum Gasteiger partial charge on any atom is -0.507 e. The molecule has 16 rings (SSSR count). The highest BCUT2D eigenvalue weighted by Gasteiger charge is 2.53. The fraction of sp³-hybridized carbons (Fsp3) is 0.262. The first-order valence-electron chi connectivity index (χ1n) is 45.0. The molecule has 10 heterocycles. The topological polar surface area (TPSA) is 404 Å². The van der Waals surface area contributed by atoms with Crippen molar-refractivity contribution in [1.29, 1.82) is 0 Å². The van der Waals surface area contributed by atoms with Crippen LogP contribution in [0, 0.1) is 27.7 Å². The van der Waals surface area contributed by atoms with Gasteiger partial charge in [-0.1, -0.05) is 196 Å². The third kappa shape index (κ3) is 22.3. The summed E-state index contributed by atoms with van der Waals surface area (Å²) >= 11 is 0. The summed E-state index contributed by atoms with van der Waals surface area (Å²) in [5, 5.41) is 77.3. The summed E-state index contributed by atoms with van der Waals surface area (Å²) in [7, 11) is 0. The van der Waals surface area contributed by atoms with E-state index in [0.29, 0.717) is 103 Å². The van der Waals surface area contributed by atoms with E-state index in [1.54, 1.807) is 167 Å². The van der Waals surface area contributed by atoms with Crippen molar-refractivity contribution in [3.63, 3.8) is 0 Å². The molecular formula is C107H103F3N14O16. The molecule has 12 aromatic rings. The highest BCUT2D eigenvalue weighted by atomic mass is 19.4. The van der Waals surface area contributed by atoms with Crippen molar-refractivity contribution in [2.75, 3.05) is 26.2 Å². The van der Waals surface area contributed by atoms with Crippen LogP contribution >= 0.6 is 0 Å². The number of aliphatic hydroxyl groups is 4. The Morgan fingerprint density at radius 2 is 0.636 bits per heavy atom.